The van der Waals surface area contributed by atoms with E-state index in [-0.39, 0.29) is 0 Å². The van der Waals surface area contributed by atoms with Crippen LogP contribution in [0.1, 0.15) is 23.7 Å². The van der Waals surface area contributed by atoms with E-state index in [2.05, 4.69) is 44.2 Å². The summed E-state index contributed by atoms with van der Waals surface area (Å²) in [5, 5.41) is 3.30. The highest BCUT2D eigenvalue weighted by Gasteiger charge is 2.08. The highest BCUT2D eigenvalue weighted by atomic mass is 79.9. The Morgan fingerprint density at radius 1 is 1.37 bits per heavy atom. The number of nitrogens with two attached hydrogens (primary N) is 1. The van der Waals surface area contributed by atoms with Crippen molar-refractivity contribution in [2.75, 3.05) is 11.1 Å². The predicted octanol–water partition coefficient (Wildman–Crippen LogP) is 3.30. The normalized spacial score (nSPS) is 10.5. The molecular weight excluding hydrogens is 304 g/mol. The van der Waals surface area contributed by atoms with Crippen molar-refractivity contribution >= 4 is 27.4 Å². The first-order chi connectivity index (χ1) is 9.13. The van der Waals surface area contributed by atoms with Crippen LogP contribution in [-0.4, -0.2) is 9.97 Å². The SMILES string of the molecule is CCc1cccnc1CNc1ncc(N)c(C)c1Br. The zero-order valence-corrected chi connectivity index (χ0v) is 12.7. The van der Waals surface area contributed by atoms with E-state index in [1.165, 1.54) is 5.56 Å². The maximum absolute atomic E-state index is 5.81. The van der Waals surface area contributed by atoms with Gasteiger partial charge < -0.3 is 11.1 Å². The van der Waals surface area contributed by atoms with Gasteiger partial charge in [-0.25, -0.2) is 4.98 Å². The molecule has 2 rings (SSSR count). The zero-order valence-electron chi connectivity index (χ0n) is 11.1. The Bertz CT molecular complexity index is 584. The van der Waals surface area contributed by atoms with Gasteiger partial charge in [-0.15, -0.1) is 0 Å². The number of nitrogens with zero attached hydrogens (tertiary/aromatic N) is 2. The summed E-state index contributed by atoms with van der Waals surface area (Å²) in [4.78, 5) is 8.70. The second kappa shape index (κ2) is 6.02. The average molecular weight is 321 g/mol. The first-order valence-corrected chi connectivity index (χ1v) is 7.00. The molecule has 0 aliphatic heterocycles. The van der Waals surface area contributed by atoms with Gasteiger partial charge in [-0.2, -0.15) is 0 Å². The maximum atomic E-state index is 5.81. The monoisotopic (exact) mass is 320 g/mol. The quantitative estimate of drug-likeness (QED) is 0.907. The van der Waals surface area contributed by atoms with Crippen LogP contribution in [-0.2, 0) is 13.0 Å². The molecule has 2 heterocycles. The molecular formula is C14H17BrN4. The second-order valence-electron chi connectivity index (χ2n) is 4.32. The van der Waals surface area contributed by atoms with Crippen LogP contribution in [0.5, 0.6) is 0 Å². The second-order valence-corrected chi connectivity index (χ2v) is 5.11. The fourth-order valence-corrected chi connectivity index (χ4v) is 2.31. The molecule has 0 radical (unpaired) electrons. The van der Waals surface area contributed by atoms with Gasteiger partial charge >= 0.3 is 0 Å². The molecule has 0 fully saturated rings. The summed E-state index contributed by atoms with van der Waals surface area (Å²) >= 11 is 3.51. The van der Waals surface area contributed by atoms with Gasteiger partial charge in [0.05, 0.1) is 28.6 Å². The summed E-state index contributed by atoms with van der Waals surface area (Å²) in [5.41, 5.74) is 9.79. The van der Waals surface area contributed by atoms with Crippen molar-refractivity contribution < 1.29 is 0 Å². The Hall–Kier alpha value is -1.62. The smallest absolute Gasteiger partial charge is 0.141 e. The molecule has 4 nitrogen and oxygen atoms in total. The molecule has 2 aromatic rings. The molecule has 0 aliphatic rings. The van der Waals surface area contributed by atoms with E-state index < -0.39 is 0 Å². The Balaban J connectivity index is 2.17. The third-order valence-electron chi connectivity index (χ3n) is 3.09. The first kappa shape index (κ1) is 13.8. The van der Waals surface area contributed by atoms with Gasteiger partial charge in [-0.1, -0.05) is 13.0 Å². The summed E-state index contributed by atoms with van der Waals surface area (Å²) in [5.74, 6) is 0.791. The molecule has 0 atom stereocenters. The Kier molecular flexibility index (Phi) is 4.37. The molecule has 0 bridgehead atoms. The highest BCUT2D eigenvalue weighted by Crippen LogP contribution is 2.27. The predicted molar refractivity (Wildman–Crippen MR) is 82.0 cm³/mol. The molecule has 0 saturated heterocycles. The fourth-order valence-electron chi connectivity index (χ4n) is 1.83. The number of aromatic nitrogens is 2. The minimum atomic E-state index is 0.652. The van der Waals surface area contributed by atoms with E-state index >= 15 is 0 Å². The number of halogens is 1. The lowest BCUT2D eigenvalue weighted by molar-refractivity contribution is 0.962. The Morgan fingerprint density at radius 3 is 2.89 bits per heavy atom. The summed E-state index contributed by atoms with van der Waals surface area (Å²) in [7, 11) is 0. The van der Waals surface area contributed by atoms with E-state index in [9.17, 15) is 0 Å². The van der Waals surface area contributed by atoms with Gasteiger partial charge in [0, 0.05) is 6.20 Å². The molecule has 19 heavy (non-hydrogen) atoms. The van der Waals surface area contributed by atoms with Crippen molar-refractivity contribution in [3.63, 3.8) is 0 Å². The highest BCUT2D eigenvalue weighted by molar-refractivity contribution is 9.10. The van der Waals surface area contributed by atoms with Crippen molar-refractivity contribution in [3.8, 4) is 0 Å². The zero-order chi connectivity index (χ0) is 13.8. The van der Waals surface area contributed by atoms with E-state index in [1.807, 2.05) is 19.2 Å². The van der Waals surface area contributed by atoms with Gasteiger partial charge in [-0.05, 0) is 46.5 Å². The lowest BCUT2D eigenvalue weighted by Crippen LogP contribution is -2.07. The molecule has 0 aromatic carbocycles. The van der Waals surface area contributed by atoms with Crippen molar-refractivity contribution in [1.82, 2.24) is 9.97 Å². The van der Waals surface area contributed by atoms with Crippen molar-refractivity contribution in [2.24, 2.45) is 0 Å². The largest absolute Gasteiger partial charge is 0.397 e. The van der Waals surface area contributed by atoms with Crippen LogP contribution in [0.2, 0.25) is 0 Å². The topological polar surface area (TPSA) is 63.8 Å². The molecule has 0 spiro atoms. The van der Waals surface area contributed by atoms with E-state index in [0.717, 1.165) is 28.0 Å². The van der Waals surface area contributed by atoms with Gasteiger partial charge in [0.25, 0.3) is 0 Å². The van der Waals surface area contributed by atoms with E-state index in [1.54, 1.807) is 6.20 Å². The van der Waals surface area contributed by atoms with Gasteiger partial charge in [0.15, 0.2) is 0 Å². The summed E-state index contributed by atoms with van der Waals surface area (Å²) < 4.78 is 0.904. The van der Waals surface area contributed by atoms with Crippen molar-refractivity contribution in [1.29, 1.82) is 0 Å². The van der Waals surface area contributed by atoms with Gasteiger partial charge in [0.2, 0.25) is 0 Å². The van der Waals surface area contributed by atoms with Crippen LogP contribution in [0.15, 0.2) is 29.0 Å². The number of aryl methyl sites for hydroxylation is 1. The molecule has 3 N–H and O–H groups in total. The lowest BCUT2D eigenvalue weighted by atomic mass is 10.1. The number of nitrogens with one attached hydrogen (secondary N) is 1. The Morgan fingerprint density at radius 2 is 2.16 bits per heavy atom. The number of nitrogen functional groups attached to an aromatic ring is 1. The van der Waals surface area contributed by atoms with Crippen LogP contribution in [0, 0.1) is 6.92 Å². The lowest BCUT2D eigenvalue weighted by Gasteiger charge is -2.12. The molecule has 0 unspecified atom stereocenters. The van der Waals surface area contributed by atoms with Crippen LogP contribution in [0.3, 0.4) is 0 Å². The molecule has 2 aromatic heterocycles. The molecule has 5 heteroatoms. The van der Waals surface area contributed by atoms with E-state index in [4.69, 9.17) is 5.73 Å². The summed E-state index contributed by atoms with van der Waals surface area (Å²) in [6.45, 7) is 4.74. The molecule has 100 valence electrons. The standard InChI is InChI=1S/C14H17BrN4/c1-3-10-5-4-6-17-12(10)8-19-14-13(15)9(2)11(16)7-18-14/h4-7H,3,8,16H2,1-2H3,(H,18,19). The number of pyridine rings is 2. The van der Waals surface area contributed by atoms with Crippen LogP contribution >= 0.6 is 15.9 Å². The Labute approximate surface area is 121 Å². The molecule has 0 aliphatic carbocycles. The third kappa shape index (κ3) is 3.04. The number of hydrogen-bond acceptors (Lipinski definition) is 4. The first-order valence-electron chi connectivity index (χ1n) is 6.20. The molecule has 0 amide bonds. The minimum Gasteiger partial charge on any atom is -0.397 e. The van der Waals surface area contributed by atoms with Crippen LogP contribution in [0.4, 0.5) is 11.5 Å². The van der Waals surface area contributed by atoms with Gasteiger partial charge in [0.1, 0.15) is 5.82 Å². The van der Waals surface area contributed by atoms with Crippen molar-refractivity contribution in [3.05, 3.63) is 45.8 Å². The average Bonchev–Trinajstić information content (AvgIpc) is 2.44. The van der Waals surface area contributed by atoms with E-state index in [0.29, 0.717) is 12.2 Å². The fraction of sp³-hybridized carbons (Fsp3) is 0.286. The molecule has 0 saturated carbocycles. The number of anilines is 2. The van der Waals surface area contributed by atoms with Crippen LogP contribution in [0.25, 0.3) is 0 Å². The summed E-state index contributed by atoms with van der Waals surface area (Å²) in [6, 6.07) is 4.06. The maximum Gasteiger partial charge on any atom is 0.141 e. The minimum absolute atomic E-state index is 0.652. The number of hydrogen-bond donors (Lipinski definition) is 2. The third-order valence-corrected chi connectivity index (χ3v) is 4.06. The number of rotatable bonds is 4. The van der Waals surface area contributed by atoms with Crippen molar-refractivity contribution in [2.45, 2.75) is 26.8 Å². The van der Waals surface area contributed by atoms with Gasteiger partial charge in [-0.3, -0.25) is 4.98 Å². The summed E-state index contributed by atoms with van der Waals surface area (Å²) in [6.07, 6.45) is 4.45. The van der Waals surface area contributed by atoms with Crippen LogP contribution < -0.4 is 11.1 Å².